The van der Waals surface area contributed by atoms with Crippen molar-refractivity contribution in [1.82, 2.24) is 30.1 Å². The van der Waals surface area contributed by atoms with E-state index in [1.807, 2.05) is 0 Å². The molecule has 206 valence electrons. The van der Waals surface area contributed by atoms with Gasteiger partial charge >= 0.3 is 18.5 Å². The van der Waals surface area contributed by atoms with E-state index in [4.69, 9.17) is 11.6 Å². The van der Waals surface area contributed by atoms with Crippen molar-refractivity contribution < 1.29 is 49.0 Å². The SMILES string of the molecule is Cn1nc(OC(F)(F)C(F)C(F)(F)F)c(C(F)(F)F)c1-n1cc(-c2ccc(Cl)c(C(=O)NC3CC3)c2)nn1. The number of alkyl halides is 9. The van der Waals surface area contributed by atoms with Crippen LogP contribution in [-0.4, -0.2) is 55.2 Å². The highest BCUT2D eigenvalue weighted by Crippen LogP contribution is 2.43. The van der Waals surface area contributed by atoms with Gasteiger partial charge in [-0.1, -0.05) is 22.9 Å². The first kappa shape index (κ1) is 27.5. The Morgan fingerprint density at radius 2 is 1.82 bits per heavy atom. The molecule has 1 fully saturated rings. The zero-order chi connectivity index (χ0) is 28.2. The van der Waals surface area contributed by atoms with Crippen molar-refractivity contribution in [2.75, 3.05) is 0 Å². The van der Waals surface area contributed by atoms with Gasteiger partial charge in [0.1, 0.15) is 5.69 Å². The Balaban J connectivity index is 1.72. The van der Waals surface area contributed by atoms with E-state index in [1.165, 1.54) is 18.2 Å². The number of halogens is 10. The summed E-state index contributed by atoms with van der Waals surface area (Å²) in [4.78, 5) is 12.4. The van der Waals surface area contributed by atoms with E-state index in [1.54, 1.807) is 0 Å². The minimum Gasteiger partial charge on any atom is -0.410 e. The molecule has 0 radical (unpaired) electrons. The summed E-state index contributed by atoms with van der Waals surface area (Å²) in [5.41, 5.74) is -1.92. The van der Waals surface area contributed by atoms with Crippen molar-refractivity contribution in [1.29, 1.82) is 0 Å². The zero-order valence-corrected chi connectivity index (χ0v) is 19.5. The average molecular weight is 577 g/mol. The summed E-state index contributed by atoms with van der Waals surface area (Å²) in [5.74, 6) is -3.59. The molecule has 1 aromatic carbocycles. The molecule has 1 aliphatic rings. The van der Waals surface area contributed by atoms with Gasteiger partial charge in [-0.2, -0.15) is 35.1 Å². The number of carbonyl (C=O) groups is 1. The van der Waals surface area contributed by atoms with Crippen LogP contribution >= 0.6 is 11.6 Å². The minimum absolute atomic E-state index is 0.00123. The molecule has 18 heteroatoms. The van der Waals surface area contributed by atoms with Crippen LogP contribution in [-0.2, 0) is 13.2 Å². The van der Waals surface area contributed by atoms with E-state index < -0.39 is 47.8 Å². The second-order valence-corrected chi connectivity index (χ2v) is 8.59. The first-order chi connectivity index (χ1) is 17.5. The molecule has 1 aliphatic carbocycles. The lowest BCUT2D eigenvalue weighted by atomic mass is 10.1. The Morgan fingerprint density at radius 3 is 2.39 bits per heavy atom. The lowest BCUT2D eigenvalue weighted by Gasteiger charge is -2.22. The topological polar surface area (TPSA) is 86.9 Å². The molecule has 1 saturated carbocycles. The fourth-order valence-corrected chi connectivity index (χ4v) is 3.50. The standard InChI is InChI=1S/C20H14ClF9N6O2/c1-35-16(13(18(23,24)25)15(33-35)38-20(29,30)17(22)19(26,27)28)36-7-12(32-34-36)8-2-5-11(21)10(6-8)14(37)31-9-3-4-9/h2,5-7,9,17H,3-4H2,1H3,(H,31,37). The van der Waals surface area contributed by atoms with Crippen LogP contribution in [0.25, 0.3) is 17.1 Å². The number of rotatable bonds is 7. The quantitative estimate of drug-likeness (QED) is 0.396. The molecule has 1 N–H and O–H groups in total. The van der Waals surface area contributed by atoms with Crippen molar-refractivity contribution in [3.05, 3.63) is 40.5 Å². The minimum atomic E-state index is -6.13. The molecule has 8 nitrogen and oxygen atoms in total. The summed E-state index contributed by atoms with van der Waals surface area (Å²) >= 11 is 6.07. The number of hydrogen-bond donors (Lipinski definition) is 1. The molecule has 0 bridgehead atoms. The maximum Gasteiger partial charge on any atom is 0.440 e. The lowest BCUT2D eigenvalue weighted by molar-refractivity contribution is -0.306. The molecule has 2 heterocycles. The van der Waals surface area contributed by atoms with Crippen LogP contribution < -0.4 is 10.1 Å². The normalized spacial score (nSPS) is 15.4. The van der Waals surface area contributed by atoms with Crippen molar-refractivity contribution >= 4 is 17.5 Å². The van der Waals surface area contributed by atoms with Gasteiger partial charge in [-0.15, -0.1) is 10.2 Å². The van der Waals surface area contributed by atoms with Crippen molar-refractivity contribution in [3.8, 4) is 23.0 Å². The molecule has 2 aromatic heterocycles. The molecule has 38 heavy (non-hydrogen) atoms. The Kier molecular flexibility index (Phi) is 6.78. The smallest absolute Gasteiger partial charge is 0.410 e. The average Bonchev–Trinajstić information content (AvgIpc) is 3.35. The number of aryl methyl sites for hydroxylation is 1. The molecular weight excluding hydrogens is 563 g/mol. The van der Waals surface area contributed by atoms with Crippen molar-refractivity contribution in [2.24, 2.45) is 7.05 Å². The number of carbonyl (C=O) groups excluding carboxylic acids is 1. The third-order valence-corrected chi connectivity index (χ3v) is 5.54. The van der Waals surface area contributed by atoms with Gasteiger partial charge in [-0.25, -0.2) is 13.8 Å². The maximum atomic E-state index is 13.8. The maximum absolute atomic E-state index is 13.8. The summed E-state index contributed by atoms with van der Waals surface area (Å²) in [6.45, 7) is 0. The molecule has 1 unspecified atom stereocenters. The van der Waals surface area contributed by atoms with E-state index >= 15 is 0 Å². The molecule has 1 atom stereocenters. The molecule has 1 amide bonds. The van der Waals surface area contributed by atoms with Gasteiger partial charge in [-0.05, 0) is 25.0 Å². The Hall–Kier alpha value is -3.50. The van der Waals surface area contributed by atoms with E-state index in [-0.39, 0.29) is 27.9 Å². The fourth-order valence-electron chi connectivity index (χ4n) is 3.29. The van der Waals surface area contributed by atoms with Gasteiger partial charge in [0.2, 0.25) is 0 Å². The predicted octanol–water partition coefficient (Wildman–Crippen LogP) is 5.10. The first-order valence-corrected chi connectivity index (χ1v) is 10.8. The highest BCUT2D eigenvalue weighted by molar-refractivity contribution is 6.34. The summed E-state index contributed by atoms with van der Waals surface area (Å²) < 4.78 is 124. The van der Waals surface area contributed by atoms with Gasteiger partial charge in [0, 0.05) is 18.7 Å². The summed E-state index contributed by atoms with van der Waals surface area (Å²) in [7, 11) is 0.830. The zero-order valence-electron chi connectivity index (χ0n) is 18.7. The molecular formula is C20H14ClF9N6O2. The van der Waals surface area contributed by atoms with Crippen LogP contribution in [0.3, 0.4) is 0 Å². The highest BCUT2D eigenvalue weighted by atomic mass is 35.5. The first-order valence-electron chi connectivity index (χ1n) is 10.4. The van der Waals surface area contributed by atoms with Crippen LogP contribution in [0.5, 0.6) is 5.88 Å². The molecule has 0 saturated heterocycles. The molecule has 4 rings (SSSR count). The van der Waals surface area contributed by atoms with Gasteiger partial charge in [-0.3, -0.25) is 4.79 Å². The van der Waals surface area contributed by atoms with E-state index in [9.17, 15) is 44.3 Å². The predicted molar refractivity (Wildman–Crippen MR) is 111 cm³/mol. The fraction of sp³-hybridized carbons (Fsp3) is 0.400. The number of aromatic nitrogens is 5. The van der Waals surface area contributed by atoms with Crippen LogP contribution in [0.15, 0.2) is 24.4 Å². The summed E-state index contributed by atoms with van der Waals surface area (Å²) in [5, 5.41) is 13.1. The van der Waals surface area contributed by atoms with Crippen LogP contribution in [0, 0.1) is 0 Å². The number of hydrogen-bond acceptors (Lipinski definition) is 5. The van der Waals surface area contributed by atoms with Gasteiger partial charge in [0.15, 0.2) is 11.4 Å². The van der Waals surface area contributed by atoms with Crippen LogP contribution in [0.4, 0.5) is 39.5 Å². The third-order valence-electron chi connectivity index (χ3n) is 5.21. The Morgan fingerprint density at radius 1 is 1.16 bits per heavy atom. The number of nitrogens with one attached hydrogen (secondary N) is 1. The van der Waals surface area contributed by atoms with E-state index in [0.29, 0.717) is 9.36 Å². The number of ether oxygens (including phenoxy) is 1. The van der Waals surface area contributed by atoms with Crippen molar-refractivity contribution in [3.63, 3.8) is 0 Å². The Bertz CT molecular complexity index is 1360. The monoisotopic (exact) mass is 576 g/mol. The van der Waals surface area contributed by atoms with Crippen LogP contribution in [0.2, 0.25) is 5.02 Å². The van der Waals surface area contributed by atoms with E-state index in [0.717, 1.165) is 26.1 Å². The highest BCUT2D eigenvalue weighted by Gasteiger charge is 2.60. The van der Waals surface area contributed by atoms with Crippen LogP contribution in [0.1, 0.15) is 28.8 Å². The summed E-state index contributed by atoms with van der Waals surface area (Å²) in [6, 6.07) is 4.02. The lowest BCUT2D eigenvalue weighted by Crippen LogP contribution is -2.46. The van der Waals surface area contributed by atoms with E-state index in [2.05, 4.69) is 25.5 Å². The second kappa shape index (κ2) is 9.36. The third kappa shape index (κ3) is 5.51. The molecule has 0 spiro atoms. The summed E-state index contributed by atoms with van der Waals surface area (Å²) in [6.07, 6.45) is -19.8. The van der Waals surface area contributed by atoms with Crippen molar-refractivity contribution in [2.45, 2.75) is 43.5 Å². The number of nitrogens with zero attached hydrogens (tertiary/aromatic N) is 5. The number of amides is 1. The van der Waals surface area contributed by atoms with Gasteiger partial charge in [0.05, 0.1) is 16.8 Å². The Labute approximate surface area is 211 Å². The van der Waals surface area contributed by atoms with Gasteiger partial charge in [0.25, 0.3) is 18.0 Å². The number of benzene rings is 1. The largest absolute Gasteiger partial charge is 0.440 e. The van der Waals surface area contributed by atoms with Gasteiger partial charge < -0.3 is 10.1 Å². The molecule has 3 aromatic rings. The molecule has 0 aliphatic heterocycles. The second-order valence-electron chi connectivity index (χ2n) is 8.18.